The smallest absolute Gasteiger partial charge is 0.339 e. The molecule has 21 heavy (non-hydrogen) atoms. The Hall–Kier alpha value is -2.04. The highest BCUT2D eigenvalue weighted by molar-refractivity contribution is 5.91. The SMILES string of the molecule is CC1CCCC(C)N1C(=O)COc1ccccc1C(=O)O. The Kier molecular flexibility index (Phi) is 4.83. The van der Waals surface area contributed by atoms with Crippen LogP contribution in [0.2, 0.25) is 0 Å². The number of carboxylic acid groups (broad SMARTS) is 1. The average Bonchev–Trinajstić information content (AvgIpc) is 2.45. The van der Waals surface area contributed by atoms with Crippen LogP contribution in [0.25, 0.3) is 0 Å². The normalized spacial score (nSPS) is 21.9. The maximum Gasteiger partial charge on any atom is 0.339 e. The summed E-state index contributed by atoms with van der Waals surface area (Å²) in [6, 6.07) is 6.78. The predicted octanol–water partition coefficient (Wildman–Crippen LogP) is 2.55. The number of ether oxygens (including phenoxy) is 1. The Morgan fingerprint density at radius 3 is 2.48 bits per heavy atom. The molecule has 2 unspecified atom stereocenters. The zero-order valence-corrected chi connectivity index (χ0v) is 12.4. The molecule has 1 saturated heterocycles. The molecule has 1 N–H and O–H groups in total. The monoisotopic (exact) mass is 291 g/mol. The summed E-state index contributed by atoms with van der Waals surface area (Å²) in [6.07, 6.45) is 3.14. The third-order valence-electron chi connectivity index (χ3n) is 3.95. The van der Waals surface area contributed by atoms with Crippen LogP contribution < -0.4 is 4.74 Å². The fraction of sp³-hybridized carbons (Fsp3) is 0.500. The fourth-order valence-corrected chi connectivity index (χ4v) is 2.90. The summed E-state index contributed by atoms with van der Waals surface area (Å²) in [7, 11) is 0. The summed E-state index contributed by atoms with van der Waals surface area (Å²) in [6.45, 7) is 3.95. The predicted molar refractivity (Wildman–Crippen MR) is 78.5 cm³/mol. The summed E-state index contributed by atoms with van der Waals surface area (Å²) in [5, 5.41) is 9.09. The van der Waals surface area contributed by atoms with Crippen molar-refractivity contribution in [2.45, 2.75) is 45.2 Å². The number of hydrogen-bond acceptors (Lipinski definition) is 3. The molecule has 5 heteroatoms. The number of para-hydroxylation sites is 1. The minimum absolute atomic E-state index is 0.0741. The van der Waals surface area contributed by atoms with Crippen LogP contribution >= 0.6 is 0 Å². The molecule has 1 aliphatic heterocycles. The van der Waals surface area contributed by atoms with E-state index in [0.29, 0.717) is 0 Å². The van der Waals surface area contributed by atoms with Crippen LogP contribution in [0.15, 0.2) is 24.3 Å². The van der Waals surface area contributed by atoms with E-state index in [9.17, 15) is 9.59 Å². The van der Waals surface area contributed by atoms with Crippen LogP contribution in [0, 0.1) is 0 Å². The van der Waals surface area contributed by atoms with Crippen molar-refractivity contribution in [2.24, 2.45) is 0 Å². The lowest BCUT2D eigenvalue weighted by Crippen LogP contribution is -2.49. The largest absolute Gasteiger partial charge is 0.483 e. The van der Waals surface area contributed by atoms with Crippen LogP contribution in [-0.2, 0) is 4.79 Å². The number of carbonyl (C=O) groups is 2. The molecule has 0 saturated carbocycles. The first-order valence-corrected chi connectivity index (χ1v) is 7.27. The number of rotatable bonds is 4. The summed E-state index contributed by atoms with van der Waals surface area (Å²) in [4.78, 5) is 25.3. The van der Waals surface area contributed by atoms with E-state index in [1.165, 1.54) is 6.07 Å². The number of likely N-dealkylation sites (tertiary alicyclic amines) is 1. The maximum atomic E-state index is 12.3. The number of benzene rings is 1. The lowest BCUT2D eigenvalue weighted by Gasteiger charge is -2.39. The van der Waals surface area contributed by atoms with Crippen molar-refractivity contribution in [3.05, 3.63) is 29.8 Å². The van der Waals surface area contributed by atoms with Gasteiger partial charge >= 0.3 is 5.97 Å². The Morgan fingerprint density at radius 2 is 1.86 bits per heavy atom. The van der Waals surface area contributed by atoms with Crippen molar-refractivity contribution in [1.82, 2.24) is 4.90 Å². The quantitative estimate of drug-likeness (QED) is 0.925. The Labute approximate surface area is 124 Å². The molecule has 2 rings (SSSR count). The number of nitrogens with zero attached hydrogens (tertiary/aromatic N) is 1. The van der Waals surface area contributed by atoms with Crippen LogP contribution in [0.1, 0.15) is 43.5 Å². The molecule has 1 amide bonds. The minimum Gasteiger partial charge on any atom is -0.483 e. The highest BCUT2D eigenvalue weighted by Gasteiger charge is 2.29. The van der Waals surface area contributed by atoms with Crippen molar-refractivity contribution >= 4 is 11.9 Å². The molecular weight excluding hydrogens is 270 g/mol. The first-order chi connectivity index (χ1) is 10.0. The molecule has 0 aliphatic carbocycles. The van der Waals surface area contributed by atoms with Gasteiger partial charge in [0, 0.05) is 12.1 Å². The molecule has 0 radical (unpaired) electrons. The molecule has 1 aromatic carbocycles. The van der Waals surface area contributed by atoms with E-state index in [2.05, 4.69) is 0 Å². The first kappa shape index (κ1) is 15.4. The van der Waals surface area contributed by atoms with E-state index in [1.807, 2.05) is 18.7 Å². The summed E-state index contributed by atoms with van der Waals surface area (Å²) in [5.74, 6) is -0.914. The molecule has 1 aromatic rings. The summed E-state index contributed by atoms with van der Waals surface area (Å²) >= 11 is 0. The van der Waals surface area contributed by atoms with E-state index in [0.717, 1.165) is 19.3 Å². The minimum atomic E-state index is -1.06. The molecule has 1 aliphatic rings. The number of carbonyl (C=O) groups excluding carboxylic acids is 1. The van der Waals surface area contributed by atoms with Crippen molar-refractivity contribution in [2.75, 3.05) is 6.61 Å². The van der Waals surface area contributed by atoms with Gasteiger partial charge in [-0.3, -0.25) is 4.79 Å². The van der Waals surface area contributed by atoms with E-state index in [-0.39, 0.29) is 35.9 Å². The van der Waals surface area contributed by atoms with E-state index < -0.39 is 5.97 Å². The van der Waals surface area contributed by atoms with Gasteiger partial charge in [-0.1, -0.05) is 12.1 Å². The van der Waals surface area contributed by atoms with Gasteiger partial charge in [0.05, 0.1) is 0 Å². The Morgan fingerprint density at radius 1 is 1.24 bits per heavy atom. The van der Waals surface area contributed by atoms with Crippen molar-refractivity contribution in [1.29, 1.82) is 0 Å². The van der Waals surface area contributed by atoms with Gasteiger partial charge in [0.1, 0.15) is 11.3 Å². The van der Waals surface area contributed by atoms with Crippen LogP contribution in [-0.4, -0.2) is 40.6 Å². The Balaban J connectivity index is 2.02. The number of carboxylic acids is 1. The van der Waals surface area contributed by atoms with E-state index in [4.69, 9.17) is 9.84 Å². The molecule has 1 heterocycles. The third-order valence-corrected chi connectivity index (χ3v) is 3.95. The number of aromatic carboxylic acids is 1. The van der Waals surface area contributed by atoms with Crippen LogP contribution in [0.3, 0.4) is 0 Å². The van der Waals surface area contributed by atoms with Crippen LogP contribution in [0.5, 0.6) is 5.75 Å². The molecule has 0 bridgehead atoms. The van der Waals surface area contributed by atoms with Gasteiger partial charge in [-0.15, -0.1) is 0 Å². The number of hydrogen-bond donors (Lipinski definition) is 1. The summed E-state index contributed by atoms with van der Waals surface area (Å²) < 4.78 is 5.44. The third kappa shape index (κ3) is 3.54. The highest BCUT2D eigenvalue weighted by Crippen LogP contribution is 2.23. The van der Waals surface area contributed by atoms with Gasteiger partial charge in [-0.2, -0.15) is 0 Å². The van der Waals surface area contributed by atoms with E-state index >= 15 is 0 Å². The second-order valence-electron chi connectivity index (χ2n) is 5.52. The van der Waals surface area contributed by atoms with Crippen LogP contribution in [0.4, 0.5) is 0 Å². The van der Waals surface area contributed by atoms with Gasteiger partial charge in [-0.05, 0) is 45.2 Å². The van der Waals surface area contributed by atoms with Crippen molar-refractivity contribution < 1.29 is 19.4 Å². The average molecular weight is 291 g/mol. The zero-order valence-electron chi connectivity index (χ0n) is 12.4. The van der Waals surface area contributed by atoms with Crippen molar-refractivity contribution in [3.8, 4) is 5.75 Å². The topological polar surface area (TPSA) is 66.8 Å². The molecular formula is C16H21NO4. The number of amides is 1. The lowest BCUT2D eigenvalue weighted by molar-refractivity contribution is -0.139. The molecule has 5 nitrogen and oxygen atoms in total. The second-order valence-corrected chi connectivity index (χ2v) is 5.52. The fourth-order valence-electron chi connectivity index (χ4n) is 2.90. The van der Waals surface area contributed by atoms with Gasteiger partial charge in [0.2, 0.25) is 0 Å². The van der Waals surface area contributed by atoms with Gasteiger partial charge in [-0.25, -0.2) is 4.79 Å². The second kappa shape index (κ2) is 6.61. The molecule has 1 fully saturated rings. The standard InChI is InChI=1S/C16H21NO4/c1-11-6-5-7-12(2)17(11)15(18)10-21-14-9-4-3-8-13(14)16(19)20/h3-4,8-9,11-12H,5-7,10H2,1-2H3,(H,19,20). The zero-order chi connectivity index (χ0) is 15.4. The molecule has 0 spiro atoms. The summed E-state index contributed by atoms with van der Waals surface area (Å²) in [5.41, 5.74) is 0.0741. The number of piperidine rings is 1. The van der Waals surface area contributed by atoms with Gasteiger partial charge < -0.3 is 14.7 Å². The molecule has 114 valence electrons. The maximum absolute atomic E-state index is 12.3. The van der Waals surface area contributed by atoms with Gasteiger partial charge in [0.15, 0.2) is 6.61 Å². The highest BCUT2D eigenvalue weighted by atomic mass is 16.5. The molecule has 0 aromatic heterocycles. The Bertz CT molecular complexity index is 519. The van der Waals surface area contributed by atoms with Gasteiger partial charge in [0.25, 0.3) is 5.91 Å². The molecule has 2 atom stereocenters. The van der Waals surface area contributed by atoms with Crippen molar-refractivity contribution in [3.63, 3.8) is 0 Å². The lowest BCUT2D eigenvalue weighted by atomic mass is 9.97. The van der Waals surface area contributed by atoms with E-state index in [1.54, 1.807) is 18.2 Å². The first-order valence-electron chi connectivity index (χ1n) is 7.27.